The SMILES string of the molecule is Cc1nn(C)c2nc(C3CC3)cc(C(=O)Nc3cccc4c3CCCC4)c12. The molecule has 1 saturated carbocycles. The minimum atomic E-state index is -0.0561. The molecule has 1 aromatic carbocycles. The first-order chi connectivity index (χ1) is 13.1. The molecule has 0 bridgehead atoms. The van der Waals surface area contributed by atoms with Crippen LogP contribution in [-0.2, 0) is 19.9 Å². The number of nitrogens with one attached hydrogen (secondary N) is 1. The van der Waals surface area contributed by atoms with Gasteiger partial charge < -0.3 is 5.32 Å². The standard InChI is InChI=1S/C22H24N4O/c1-13-20-17(12-19(15-10-11-15)23-21(20)26(2)25-13)22(27)24-18-9-5-7-14-6-3-4-8-16(14)18/h5,7,9,12,15H,3-4,6,8,10-11H2,1-2H3,(H,24,27). The number of carbonyl (C=O) groups excluding carboxylic acids is 1. The second-order valence-corrected chi connectivity index (χ2v) is 7.88. The van der Waals surface area contributed by atoms with Crippen LogP contribution in [0.1, 0.15) is 64.5 Å². The van der Waals surface area contributed by atoms with E-state index in [1.165, 1.54) is 24.0 Å². The third-order valence-corrected chi connectivity index (χ3v) is 5.87. The summed E-state index contributed by atoms with van der Waals surface area (Å²) in [4.78, 5) is 18.1. The normalized spacial score (nSPS) is 16.4. The molecule has 1 N–H and O–H groups in total. The molecule has 0 atom stereocenters. The molecule has 0 aliphatic heterocycles. The molecular formula is C22H24N4O. The smallest absolute Gasteiger partial charge is 0.256 e. The first-order valence-corrected chi connectivity index (χ1v) is 9.88. The molecule has 1 fully saturated rings. The summed E-state index contributed by atoms with van der Waals surface area (Å²) >= 11 is 0. The largest absolute Gasteiger partial charge is 0.322 e. The highest BCUT2D eigenvalue weighted by Gasteiger charge is 2.28. The van der Waals surface area contributed by atoms with Crippen LogP contribution >= 0.6 is 0 Å². The number of aromatic nitrogens is 3. The highest BCUT2D eigenvalue weighted by molar-refractivity contribution is 6.13. The Morgan fingerprint density at radius 3 is 2.85 bits per heavy atom. The molecule has 5 rings (SSSR count). The summed E-state index contributed by atoms with van der Waals surface area (Å²) in [5.41, 5.74) is 6.99. The number of fused-ring (bicyclic) bond motifs is 2. The fourth-order valence-corrected chi connectivity index (χ4v) is 4.32. The maximum absolute atomic E-state index is 13.3. The van der Waals surface area contributed by atoms with Gasteiger partial charge >= 0.3 is 0 Å². The molecular weight excluding hydrogens is 336 g/mol. The quantitative estimate of drug-likeness (QED) is 0.758. The second kappa shape index (κ2) is 6.19. The van der Waals surface area contributed by atoms with Crippen LogP contribution in [0, 0.1) is 6.92 Å². The van der Waals surface area contributed by atoms with Gasteiger partial charge in [0.05, 0.1) is 16.6 Å². The fraction of sp³-hybridized carbons (Fsp3) is 0.409. The van der Waals surface area contributed by atoms with E-state index in [2.05, 4.69) is 16.5 Å². The van der Waals surface area contributed by atoms with Crippen molar-refractivity contribution in [3.63, 3.8) is 0 Å². The third kappa shape index (κ3) is 2.82. The van der Waals surface area contributed by atoms with Gasteiger partial charge in [-0.15, -0.1) is 0 Å². The number of amides is 1. The number of nitrogens with zero attached hydrogens (tertiary/aromatic N) is 3. The summed E-state index contributed by atoms with van der Waals surface area (Å²) < 4.78 is 1.79. The Bertz CT molecular complexity index is 1060. The number of rotatable bonds is 3. The molecule has 5 nitrogen and oxygen atoms in total. The minimum absolute atomic E-state index is 0.0561. The monoisotopic (exact) mass is 360 g/mol. The van der Waals surface area contributed by atoms with Crippen LogP contribution in [0.5, 0.6) is 0 Å². The number of carbonyl (C=O) groups is 1. The summed E-state index contributed by atoms with van der Waals surface area (Å²) in [6.45, 7) is 1.95. The van der Waals surface area contributed by atoms with Crippen LogP contribution in [0.2, 0.25) is 0 Å². The van der Waals surface area contributed by atoms with Gasteiger partial charge in [-0.1, -0.05) is 12.1 Å². The second-order valence-electron chi connectivity index (χ2n) is 7.88. The number of aryl methyl sites for hydroxylation is 3. The lowest BCUT2D eigenvalue weighted by Crippen LogP contribution is -2.16. The van der Waals surface area contributed by atoms with Crippen molar-refractivity contribution < 1.29 is 4.79 Å². The van der Waals surface area contributed by atoms with Gasteiger partial charge in [0.15, 0.2) is 5.65 Å². The first-order valence-electron chi connectivity index (χ1n) is 9.88. The van der Waals surface area contributed by atoms with Crippen molar-refractivity contribution in [1.29, 1.82) is 0 Å². The van der Waals surface area contributed by atoms with Crippen molar-refractivity contribution >= 4 is 22.6 Å². The van der Waals surface area contributed by atoms with Crippen molar-refractivity contribution in [2.24, 2.45) is 7.05 Å². The summed E-state index contributed by atoms with van der Waals surface area (Å²) in [6.07, 6.45) is 6.87. The van der Waals surface area contributed by atoms with Crippen LogP contribution in [0.3, 0.4) is 0 Å². The average Bonchev–Trinajstić information content (AvgIpc) is 3.48. The van der Waals surface area contributed by atoms with E-state index in [1.54, 1.807) is 4.68 Å². The topological polar surface area (TPSA) is 59.8 Å². The van der Waals surface area contributed by atoms with Crippen LogP contribution in [-0.4, -0.2) is 20.7 Å². The molecule has 2 aliphatic carbocycles. The maximum Gasteiger partial charge on any atom is 0.256 e. The summed E-state index contributed by atoms with van der Waals surface area (Å²) in [6, 6.07) is 8.25. The van der Waals surface area contributed by atoms with Crippen LogP contribution in [0.4, 0.5) is 5.69 Å². The van der Waals surface area contributed by atoms with Gasteiger partial charge in [0.25, 0.3) is 5.91 Å². The zero-order valence-electron chi connectivity index (χ0n) is 15.9. The van der Waals surface area contributed by atoms with E-state index in [-0.39, 0.29) is 5.91 Å². The lowest BCUT2D eigenvalue weighted by Gasteiger charge is -2.20. The first kappa shape index (κ1) is 16.5. The van der Waals surface area contributed by atoms with Gasteiger partial charge in [0.2, 0.25) is 0 Å². The Morgan fingerprint density at radius 1 is 1.22 bits per heavy atom. The molecule has 138 valence electrons. The average molecular weight is 360 g/mol. The molecule has 5 heteroatoms. The number of benzene rings is 1. The number of hydrogen-bond acceptors (Lipinski definition) is 3. The Balaban J connectivity index is 1.58. The lowest BCUT2D eigenvalue weighted by molar-refractivity contribution is 0.102. The van der Waals surface area contributed by atoms with Crippen molar-refractivity contribution in [1.82, 2.24) is 14.8 Å². The highest BCUT2D eigenvalue weighted by atomic mass is 16.1. The molecule has 2 aromatic heterocycles. The molecule has 2 aliphatic rings. The summed E-state index contributed by atoms with van der Waals surface area (Å²) in [5, 5.41) is 8.57. The summed E-state index contributed by atoms with van der Waals surface area (Å²) in [5.74, 6) is 0.431. The highest BCUT2D eigenvalue weighted by Crippen LogP contribution is 2.40. The van der Waals surface area contributed by atoms with E-state index >= 15 is 0 Å². The molecule has 1 amide bonds. The zero-order chi connectivity index (χ0) is 18.5. The van der Waals surface area contributed by atoms with E-state index in [9.17, 15) is 4.79 Å². The predicted molar refractivity (Wildman–Crippen MR) is 106 cm³/mol. The maximum atomic E-state index is 13.3. The zero-order valence-corrected chi connectivity index (χ0v) is 15.9. The van der Waals surface area contributed by atoms with Crippen molar-refractivity contribution in [2.75, 3.05) is 5.32 Å². The van der Waals surface area contributed by atoms with Gasteiger partial charge in [-0.2, -0.15) is 5.10 Å². The van der Waals surface area contributed by atoms with Crippen LogP contribution < -0.4 is 5.32 Å². The number of hydrogen-bond donors (Lipinski definition) is 1. The Kier molecular flexibility index (Phi) is 3.78. The molecule has 27 heavy (non-hydrogen) atoms. The summed E-state index contributed by atoms with van der Waals surface area (Å²) in [7, 11) is 1.90. The van der Waals surface area contributed by atoms with E-state index in [1.807, 2.05) is 32.2 Å². The number of pyridine rings is 1. The van der Waals surface area contributed by atoms with Crippen LogP contribution in [0.15, 0.2) is 24.3 Å². The molecule has 0 radical (unpaired) electrons. The Morgan fingerprint density at radius 2 is 2.04 bits per heavy atom. The minimum Gasteiger partial charge on any atom is -0.322 e. The Labute approximate surface area is 158 Å². The van der Waals surface area contributed by atoms with Gasteiger partial charge in [0.1, 0.15) is 0 Å². The van der Waals surface area contributed by atoms with Gasteiger partial charge in [-0.3, -0.25) is 9.48 Å². The number of anilines is 1. The fourth-order valence-electron chi connectivity index (χ4n) is 4.32. The van der Waals surface area contributed by atoms with Gasteiger partial charge in [-0.05, 0) is 68.7 Å². The van der Waals surface area contributed by atoms with Crippen molar-refractivity contribution in [2.45, 2.75) is 51.4 Å². The molecule has 2 heterocycles. The molecule has 0 unspecified atom stereocenters. The van der Waals surface area contributed by atoms with Gasteiger partial charge in [-0.25, -0.2) is 4.98 Å². The van der Waals surface area contributed by atoms with E-state index < -0.39 is 0 Å². The molecule has 3 aromatic rings. The molecule has 0 saturated heterocycles. The van der Waals surface area contributed by atoms with Crippen molar-refractivity contribution in [3.8, 4) is 0 Å². The van der Waals surface area contributed by atoms with E-state index in [0.717, 1.165) is 53.8 Å². The lowest BCUT2D eigenvalue weighted by atomic mass is 9.90. The van der Waals surface area contributed by atoms with Gasteiger partial charge in [0, 0.05) is 24.3 Å². The van der Waals surface area contributed by atoms with Crippen LogP contribution in [0.25, 0.3) is 11.0 Å². The van der Waals surface area contributed by atoms with E-state index in [0.29, 0.717) is 11.5 Å². The molecule has 0 spiro atoms. The van der Waals surface area contributed by atoms with E-state index in [4.69, 9.17) is 4.98 Å². The van der Waals surface area contributed by atoms with Crippen molar-refractivity contribution in [3.05, 3.63) is 52.3 Å². The third-order valence-electron chi connectivity index (χ3n) is 5.87. The Hall–Kier alpha value is -2.69. The predicted octanol–water partition coefficient (Wildman–Crippen LogP) is 4.29.